The van der Waals surface area contributed by atoms with Gasteiger partial charge in [-0.05, 0) is 51.0 Å². The Morgan fingerprint density at radius 2 is 2.03 bits per heavy atom. The zero-order chi connectivity index (χ0) is 23.2. The number of carbonyl (C=O) groups excluding carboxylic acids is 2. The number of ether oxygens (including phenoxy) is 1. The van der Waals surface area contributed by atoms with Crippen molar-refractivity contribution in [2.45, 2.75) is 56.5 Å². The summed E-state index contributed by atoms with van der Waals surface area (Å²) in [5.41, 5.74) is 2.71. The van der Waals surface area contributed by atoms with Crippen LogP contribution in [-0.4, -0.2) is 60.5 Å². The molecule has 0 aliphatic carbocycles. The molecule has 2 rings (SSSR count). The van der Waals surface area contributed by atoms with Gasteiger partial charge in [0.1, 0.15) is 6.10 Å². The summed E-state index contributed by atoms with van der Waals surface area (Å²) in [5.74, 6) is 4.98. The molecule has 1 aromatic rings. The van der Waals surface area contributed by atoms with Gasteiger partial charge < -0.3 is 9.84 Å². The van der Waals surface area contributed by atoms with E-state index in [4.69, 9.17) is 9.94 Å². The van der Waals surface area contributed by atoms with E-state index in [1.165, 1.54) is 17.3 Å². The molecule has 1 aliphatic rings. The van der Waals surface area contributed by atoms with Gasteiger partial charge in [0.25, 0.3) is 5.91 Å². The van der Waals surface area contributed by atoms with E-state index >= 15 is 0 Å². The van der Waals surface area contributed by atoms with Crippen molar-refractivity contribution in [1.82, 2.24) is 5.48 Å². The lowest BCUT2D eigenvalue weighted by Crippen LogP contribution is -2.51. The van der Waals surface area contributed by atoms with Crippen LogP contribution in [0.3, 0.4) is 0 Å². The summed E-state index contributed by atoms with van der Waals surface area (Å²) >= 11 is 0. The molecule has 170 valence electrons. The lowest BCUT2D eigenvalue weighted by molar-refractivity contribution is -0.132. The van der Waals surface area contributed by atoms with Crippen molar-refractivity contribution in [2.24, 2.45) is 0 Å². The Morgan fingerprint density at radius 1 is 1.39 bits per heavy atom. The highest BCUT2D eigenvalue weighted by atomic mass is 32.2. The van der Waals surface area contributed by atoms with Crippen molar-refractivity contribution >= 4 is 27.5 Å². The van der Waals surface area contributed by atoms with Gasteiger partial charge in [0.2, 0.25) is 0 Å². The Balaban J connectivity index is 2.05. The molecule has 0 bridgehead atoms. The maximum absolute atomic E-state index is 12.3. The van der Waals surface area contributed by atoms with Gasteiger partial charge in [-0.15, -0.1) is 0 Å². The minimum atomic E-state index is -3.90. The zero-order valence-corrected chi connectivity index (χ0v) is 18.6. The molecule has 0 aromatic heterocycles. The molecular formula is C21H28N2O7S. The lowest BCUT2D eigenvalue weighted by Gasteiger charge is -2.26. The molecule has 2 amide bonds. The van der Waals surface area contributed by atoms with E-state index in [9.17, 15) is 23.1 Å². The normalized spacial score (nSPS) is 19.1. The molecule has 0 spiro atoms. The van der Waals surface area contributed by atoms with Crippen LogP contribution in [-0.2, 0) is 19.4 Å². The average molecular weight is 453 g/mol. The number of aliphatic hydroxyl groups excluding tert-OH is 1. The first kappa shape index (κ1) is 24.7. The van der Waals surface area contributed by atoms with Gasteiger partial charge in [-0.25, -0.2) is 18.7 Å². The second-order valence-electron chi connectivity index (χ2n) is 7.85. The minimum Gasteiger partial charge on any atom is -0.444 e. The predicted molar refractivity (Wildman–Crippen MR) is 114 cm³/mol. The monoisotopic (exact) mass is 452 g/mol. The average Bonchev–Trinajstić information content (AvgIpc) is 3.06. The number of carbonyl (C=O) groups is 2. The molecule has 1 unspecified atom stereocenters. The van der Waals surface area contributed by atoms with Gasteiger partial charge in [0, 0.05) is 30.3 Å². The van der Waals surface area contributed by atoms with Gasteiger partial charge in [0.05, 0.1) is 12.6 Å². The SMILES string of the molecule is CC(O)CCCC#Cc1ccc(N2C[C@H](C[C@](C)(C(=O)NO)S(C)(=O)=O)OC2=O)cc1. The van der Waals surface area contributed by atoms with Gasteiger partial charge in [-0.2, -0.15) is 0 Å². The van der Waals surface area contributed by atoms with Crippen LogP contribution < -0.4 is 10.4 Å². The summed E-state index contributed by atoms with van der Waals surface area (Å²) in [7, 11) is -3.90. The molecule has 3 N–H and O–H groups in total. The van der Waals surface area contributed by atoms with E-state index in [0.717, 1.165) is 18.2 Å². The fraction of sp³-hybridized carbons (Fsp3) is 0.524. The first-order valence-electron chi connectivity index (χ1n) is 9.87. The number of amides is 2. The number of hydroxylamine groups is 1. The summed E-state index contributed by atoms with van der Waals surface area (Å²) in [6.07, 6.45) is 0.943. The summed E-state index contributed by atoms with van der Waals surface area (Å²) in [5, 5.41) is 18.2. The van der Waals surface area contributed by atoms with E-state index in [2.05, 4.69) is 11.8 Å². The number of anilines is 1. The molecule has 0 saturated carbocycles. The number of benzene rings is 1. The van der Waals surface area contributed by atoms with Crippen LogP contribution in [0.4, 0.5) is 10.5 Å². The summed E-state index contributed by atoms with van der Waals surface area (Å²) < 4.78 is 27.6. The maximum Gasteiger partial charge on any atom is 0.414 e. The first-order valence-corrected chi connectivity index (χ1v) is 11.8. The fourth-order valence-electron chi connectivity index (χ4n) is 3.18. The standard InChI is InChI=1S/C21H28N2O7S/c1-15(24)7-5-4-6-8-16-9-11-17(12-10-16)23-14-18(30-20(23)26)13-21(2,19(25)22-27)31(3,28)29/h9-12,15,18,24,27H,4-5,7,13-14H2,1-3H3,(H,22,25)/t15?,18-,21+/m0/s1. The molecule has 1 heterocycles. The van der Waals surface area contributed by atoms with E-state index in [-0.39, 0.29) is 19.1 Å². The Bertz CT molecular complexity index is 964. The number of aliphatic hydroxyl groups is 1. The van der Waals surface area contributed by atoms with E-state index in [1.54, 1.807) is 31.2 Å². The highest BCUT2D eigenvalue weighted by molar-refractivity contribution is 7.92. The molecule has 1 saturated heterocycles. The Labute approximate surface area is 182 Å². The van der Waals surface area contributed by atoms with Crippen LogP contribution in [0.5, 0.6) is 0 Å². The summed E-state index contributed by atoms with van der Waals surface area (Å²) in [6.45, 7) is 2.98. The number of nitrogens with zero attached hydrogens (tertiary/aromatic N) is 1. The molecular weight excluding hydrogens is 424 g/mol. The maximum atomic E-state index is 12.3. The van der Waals surface area contributed by atoms with Crippen molar-refractivity contribution in [3.05, 3.63) is 29.8 Å². The Kier molecular flexibility index (Phi) is 8.06. The van der Waals surface area contributed by atoms with Crippen LogP contribution in [0.15, 0.2) is 24.3 Å². The van der Waals surface area contributed by atoms with Crippen molar-refractivity contribution in [1.29, 1.82) is 0 Å². The number of sulfone groups is 1. The molecule has 9 nitrogen and oxygen atoms in total. The third kappa shape index (κ3) is 6.19. The fourth-order valence-corrected chi connectivity index (χ4v) is 4.05. The van der Waals surface area contributed by atoms with Gasteiger partial charge >= 0.3 is 6.09 Å². The second-order valence-corrected chi connectivity index (χ2v) is 10.3. The third-order valence-corrected chi connectivity index (χ3v) is 7.22. The van der Waals surface area contributed by atoms with Crippen LogP contribution in [0.25, 0.3) is 0 Å². The second kappa shape index (κ2) is 10.1. The highest BCUT2D eigenvalue weighted by Crippen LogP contribution is 2.30. The topological polar surface area (TPSA) is 133 Å². The molecule has 10 heteroatoms. The number of cyclic esters (lactones) is 1. The van der Waals surface area contributed by atoms with E-state index < -0.39 is 32.7 Å². The molecule has 1 fully saturated rings. The summed E-state index contributed by atoms with van der Waals surface area (Å²) in [6, 6.07) is 6.94. The van der Waals surface area contributed by atoms with Crippen LogP contribution in [0, 0.1) is 11.8 Å². The first-order chi connectivity index (χ1) is 14.5. The number of nitrogens with one attached hydrogen (secondary N) is 1. The predicted octanol–water partition coefficient (Wildman–Crippen LogP) is 1.61. The quantitative estimate of drug-likeness (QED) is 0.236. The number of hydrogen-bond acceptors (Lipinski definition) is 7. The molecule has 3 atom stereocenters. The van der Waals surface area contributed by atoms with Crippen LogP contribution in [0.1, 0.15) is 45.1 Å². The lowest BCUT2D eigenvalue weighted by atomic mass is 10.0. The third-order valence-electron chi connectivity index (χ3n) is 5.23. The minimum absolute atomic E-state index is 0.0625. The van der Waals surface area contributed by atoms with Gasteiger partial charge in [-0.1, -0.05) is 11.8 Å². The summed E-state index contributed by atoms with van der Waals surface area (Å²) in [4.78, 5) is 25.6. The largest absolute Gasteiger partial charge is 0.444 e. The molecule has 0 radical (unpaired) electrons. The van der Waals surface area contributed by atoms with Crippen LogP contribution in [0.2, 0.25) is 0 Å². The van der Waals surface area contributed by atoms with Crippen LogP contribution >= 0.6 is 0 Å². The molecule has 1 aliphatic heterocycles. The van der Waals surface area contributed by atoms with E-state index in [0.29, 0.717) is 18.5 Å². The molecule has 31 heavy (non-hydrogen) atoms. The smallest absolute Gasteiger partial charge is 0.414 e. The Hall–Kier alpha value is -2.61. The number of rotatable bonds is 8. The van der Waals surface area contributed by atoms with Gasteiger partial charge in [-0.3, -0.25) is 14.9 Å². The Morgan fingerprint density at radius 3 is 2.58 bits per heavy atom. The highest BCUT2D eigenvalue weighted by Gasteiger charge is 2.48. The number of unbranched alkanes of at least 4 members (excludes halogenated alkanes) is 1. The molecule has 1 aromatic carbocycles. The van der Waals surface area contributed by atoms with Crippen molar-refractivity contribution < 1.29 is 33.1 Å². The van der Waals surface area contributed by atoms with Gasteiger partial charge in [0.15, 0.2) is 14.6 Å². The van der Waals surface area contributed by atoms with E-state index in [1.807, 2.05) is 0 Å². The van der Waals surface area contributed by atoms with Crippen molar-refractivity contribution in [2.75, 3.05) is 17.7 Å². The van der Waals surface area contributed by atoms with Crippen molar-refractivity contribution in [3.63, 3.8) is 0 Å². The number of hydrogen-bond donors (Lipinski definition) is 3. The van der Waals surface area contributed by atoms with Crippen molar-refractivity contribution in [3.8, 4) is 11.8 Å². The zero-order valence-electron chi connectivity index (χ0n) is 17.8.